The summed E-state index contributed by atoms with van der Waals surface area (Å²) in [6.45, 7) is 4.23. The van der Waals surface area contributed by atoms with Crippen molar-refractivity contribution in [1.82, 2.24) is 10.6 Å². The minimum Gasteiger partial charge on any atom is -0.484 e. The van der Waals surface area contributed by atoms with E-state index in [1.54, 1.807) is 12.1 Å². The Balaban J connectivity index is 1.65. The van der Waals surface area contributed by atoms with Gasteiger partial charge in [-0.1, -0.05) is 47.5 Å². The van der Waals surface area contributed by atoms with Crippen LogP contribution < -0.4 is 15.4 Å². The van der Waals surface area contributed by atoms with Crippen molar-refractivity contribution in [2.24, 2.45) is 0 Å². The van der Waals surface area contributed by atoms with E-state index in [1.807, 2.05) is 50.2 Å². The Morgan fingerprint density at radius 1 is 0.917 bits per heavy atom. The molecule has 2 N–H and O–H groups in total. The van der Waals surface area contributed by atoms with Crippen LogP contribution in [0.3, 0.4) is 0 Å². The molecule has 0 saturated heterocycles. The van der Waals surface area contributed by atoms with Crippen LogP contribution in [-0.4, -0.2) is 25.0 Å². The summed E-state index contributed by atoms with van der Waals surface area (Å²) in [7, 11) is 0. The zero-order valence-electron chi connectivity index (χ0n) is 14.0. The quantitative estimate of drug-likeness (QED) is 0.819. The van der Waals surface area contributed by atoms with E-state index in [0.29, 0.717) is 12.3 Å². The minimum atomic E-state index is -0.332. The Kier molecular flexibility index (Phi) is 6.37. The third-order valence-corrected chi connectivity index (χ3v) is 3.41. The van der Waals surface area contributed by atoms with Crippen molar-refractivity contribution in [1.29, 1.82) is 0 Å². The van der Waals surface area contributed by atoms with Crippen molar-refractivity contribution >= 4 is 11.8 Å². The van der Waals surface area contributed by atoms with E-state index in [-0.39, 0.29) is 25.0 Å². The van der Waals surface area contributed by atoms with Crippen LogP contribution in [0.4, 0.5) is 0 Å². The fraction of sp³-hybridized carbons (Fsp3) is 0.263. The number of carbonyl (C=O) groups excluding carboxylic acids is 2. The van der Waals surface area contributed by atoms with Gasteiger partial charge in [0.1, 0.15) is 5.75 Å². The Morgan fingerprint density at radius 3 is 2.38 bits per heavy atom. The molecule has 0 aliphatic rings. The second-order valence-electron chi connectivity index (χ2n) is 5.64. The number of ether oxygens (including phenoxy) is 1. The minimum absolute atomic E-state index is 0.0676. The van der Waals surface area contributed by atoms with Crippen molar-refractivity contribution in [3.05, 3.63) is 65.2 Å². The molecule has 0 spiro atoms. The van der Waals surface area contributed by atoms with E-state index < -0.39 is 0 Å². The molecule has 0 fully saturated rings. The Hall–Kier alpha value is -2.82. The van der Waals surface area contributed by atoms with E-state index in [9.17, 15) is 9.59 Å². The van der Waals surface area contributed by atoms with Crippen LogP contribution in [0.1, 0.15) is 16.7 Å². The van der Waals surface area contributed by atoms with Crippen molar-refractivity contribution < 1.29 is 14.3 Å². The molecule has 0 atom stereocenters. The van der Waals surface area contributed by atoms with Crippen LogP contribution in [0.5, 0.6) is 5.75 Å². The van der Waals surface area contributed by atoms with Gasteiger partial charge in [0.15, 0.2) is 6.61 Å². The highest BCUT2D eigenvalue weighted by atomic mass is 16.5. The van der Waals surface area contributed by atoms with Gasteiger partial charge in [-0.05, 0) is 31.5 Å². The molecule has 126 valence electrons. The van der Waals surface area contributed by atoms with Gasteiger partial charge < -0.3 is 15.4 Å². The Labute approximate surface area is 142 Å². The summed E-state index contributed by atoms with van der Waals surface area (Å²) >= 11 is 0. The molecule has 0 saturated carbocycles. The lowest BCUT2D eigenvalue weighted by atomic mass is 10.1. The van der Waals surface area contributed by atoms with E-state index >= 15 is 0 Å². The van der Waals surface area contributed by atoms with Crippen LogP contribution in [0.2, 0.25) is 0 Å². The van der Waals surface area contributed by atoms with Gasteiger partial charge >= 0.3 is 0 Å². The van der Waals surface area contributed by atoms with Gasteiger partial charge in [0, 0.05) is 6.54 Å². The highest BCUT2D eigenvalue weighted by molar-refractivity contribution is 5.85. The molecule has 2 amide bonds. The van der Waals surface area contributed by atoms with Crippen LogP contribution in [0.25, 0.3) is 0 Å². The zero-order valence-corrected chi connectivity index (χ0v) is 14.0. The van der Waals surface area contributed by atoms with Crippen molar-refractivity contribution in [3.63, 3.8) is 0 Å². The third-order valence-electron chi connectivity index (χ3n) is 3.41. The normalized spacial score (nSPS) is 10.1. The van der Waals surface area contributed by atoms with E-state index in [0.717, 1.165) is 16.7 Å². The number of benzene rings is 2. The molecule has 0 unspecified atom stereocenters. The maximum Gasteiger partial charge on any atom is 0.258 e. The van der Waals surface area contributed by atoms with E-state index in [4.69, 9.17) is 4.74 Å². The average molecular weight is 326 g/mol. The van der Waals surface area contributed by atoms with Crippen LogP contribution in [0, 0.1) is 13.8 Å². The van der Waals surface area contributed by atoms with Gasteiger partial charge in [0.25, 0.3) is 5.91 Å². The molecule has 5 nitrogen and oxygen atoms in total. The first kappa shape index (κ1) is 17.5. The Bertz CT molecular complexity index is 696. The van der Waals surface area contributed by atoms with Crippen LogP contribution in [0.15, 0.2) is 48.5 Å². The van der Waals surface area contributed by atoms with Crippen molar-refractivity contribution in [3.8, 4) is 5.75 Å². The van der Waals surface area contributed by atoms with E-state index in [2.05, 4.69) is 10.6 Å². The lowest BCUT2D eigenvalue weighted by molar-refractivity contribution is -0.127. The zero-order chi connectivity index (χ0) is 17.4. The summed E-state index contributed by atoms with van der Waals surface area (Å²) in [6, 6.07) is 15.3. The van der Waals surface area contributed by atoms with Crippen LogP contribution >= 0.6 is 0 Å². The summed E-state index contributed by atoms with van der Waals surface area (Å²) in [5, 5.41) is 5.30. The molecule has 24 heavy (non-hydrogen) atoms. The lowest BCUT2D eigenvalue weighted by Gasteiger charge is -2.09. The fourth-order valence-corrected chi connectivity index (χ4v) is 2.10. The molecule has 0 aliphatic heterocycles. The maximum absolute atomic E-state index is 11.8. The van der Waals surface area contributed by atoms with Gasteiger partial charge in [-0.3, -0.25) is 9.59 Å². The first-order valence-electron chi connectivity index (χ1n) is 7.81. The molecular formula is C19H22N2O3. The highest BCUT2D eigenvalue weighted by Gasteiger charge is 2.06. The number of carbonyl (C=O) groups is 2. The summed E-state index contributed by atoms with van der Waals surface area (Å²) in [5.41, 5.74) is 3.29. The van der Waals surface area contributed by atoms with Gasteiger partial charge in [0.05, 0.1) is 6.54 Å². The number of hydrogen-bond acceptors (Lipinski definition) is 3. The molecule has 0 aromatic heterocycles. The van der Waals surface area contributed by atoms with Crippen LogP contribution in [-0.2, 0) is 16.1 Å². The summed E-state index contributed by atoms with van der Waals surface area (Å²) < 4.78 is 5.35. The predicted molar refractivity (Wildman–Crippen MR) is 92.7 cm³/mol. The Morgan fingerprint density at radius 2 is 1.67 bits per heavy atom. The molecule has 0 heterocycles. The molecular weight excluding hydrogens is 304 g/mol. The predicted octanol–water partition coefficient (Wildman–Crippen LogP) is 2.11. The summed E-state index contributed by atoms with van der Waals surface area (Å²) in [4.78, 5) is 23.4. The van der Waals surface area contributed by atoms with Gasteiger partial charge in [-0.25, -0.2) is 0 Å². The average Bonchev–Trinajstić information content (AvgIpc) is 2.57. The molecule has 2 aromatic rings. The number of rotatable bonds is 7. The lowest BCUT2D eigenvalue weighted by Crippen LogP contribution is -2.38. The number of nitrogens with one attached hydrogen (secondary N) is 2. The largest absolute Gasteiger partial charge is 0.484 e. The smallest absolute Gasteiger partial charge is 0.258 e. The molecule has 2 aromatic carbocycles. The highest BCUT2D eigenvalue weighted by Crippen LogP contribution is 2.10. The molecule has 0 aliphatic carbocycles. The molecule has 0 radical (unpaired) electrons. The molecule has 0 bridgehead atoms. The second kappa shape index (κ2) is 8.72. The third kappa shape index (κ3) is 6.12. The van der Waals surface area contributed by atoms with E-state index in [1.165, 1.54) is 0 Å². The monoisotopic (exact) mass is 326 g/mol. The second-order valence-corrected chi connectivity index (χ2v) is 5.64. The number of aryl methyl sites for hydroxylation is 2. The van der Waals surface area contributed by atoms with Crippen molar-refractivity contribution in [2.45, 2.75) is 20.4 Å². The summed E-state index contributed by atoms with van der Waals surface area (Å²) in [5.74, 6) is 0.0566. The van der Waals surface area contributed by atoms with Gasteiger partial charge in [0.2, 0.25) is 5.91 Å². The first-order chi connectivity index (χ1) is 11.5. The first-order valence-corrected chi connectivity index (χ1v) is 7.81. The van der Waals surface area contributed by atoms with Gasteiger partial charge in [-0.15, -0.1) is 0 Å². The summed E-state index contributed by atoms with van der Waals surface area (Å²) in [6.07, 6.45) is 0. The standard InChI is InChI=1S/C19H22N2O3/c1-14-6-8-17(9-7-14)24-13-19(23)21-12-18(22)20-11-16-5-3-4-15(2)10-16/h3-10H,11-13H2,1-2H3,(H,20,22)(H,21,23). The van der Waals surface area contributed by atoms with Crippen molar-refractivity contribution in [2.75, 3.05) is 13.2 Å². The number of hydrogen-bond donors (Lipinski definition) is 2. The molecule has 5 heteroatoms. The molecule has 2 rings (SSSR count). The maximum atomic E-state index is 11.8. The topological polar surface area (TPSA) is 67.4 Å². The number of amides is 2. The van der Waals surface area contributed by atoms with Gasteiger partial charge in [-0.2, -0.15) is 0 Å². The fourth-order valence-electron chi connectivity index (χ4n) is 2.10. The SMILES string of the molecule is Cc1ccc(OCC(=O)NCC(=O)NCc2cccc(C)c2)cc1.